The number of nitrogens with one attached hydrogen (secondary N) is 2. The molecule has 0 unspecified atom stereocenters. The molecule has 170 valence electrons. The average Bonchev–Trinajstić information content (AvgIpc) is 2.74. The van der Waals surface area contributed by atoms with Crippen LogP contribution in [0.5, 0.6) is 5.75 Å². The van der Waals surface area contributed by atoms with Gasteiger partial charge in [-0.25, -0.2) is 16.8 Å². The van der Waals surface area contributed by atoms with Crippen molar-refractivity contribution in [3.63, 3.8) is 0 Å². The maximum absolute atomic E-state index is 12.7. The van der Waals surface area contributed by atoms with Gasteiger partial charge >= 0.3 is 0 Å². The van der Waals surface area contributed by atoms with Crippen molar-refractivity contribution < 1.29 is 21.6 Å². The molecule has 0 radical (unpaired) electrons. The van der Waals surface area contributed by atoms with Gasteiger partial charge in [0.15, 0.2) is 0 Å². The molecule has 0 aliphatic carbocycles. The van der Waals surface area contributed by atoms with Gasteiger partial charge in [-0.2, -0.15) is 0 Å². The van der Waals surface area contributed by atoms with Crippen LogP contribution < -0.4 is 14.2 Å². The van der Waals surface area contributed by atoms with Crippen LogP contribution in [0.1, 0.15) is 19.4 Å². The average molecular weight is 475 g/mol. The first-order valence-electron chi connectivity index (χ1n) is 9.98. The van der Waals surface area contributed by atoms with E-state index < -0.39 is 20.0 Å². The van der Waals surface area contributed by atoms with Crippen molar-refractivity contribution in [1.82, 2.24) is 0 Å². The molecular weight excluding hydrogens is 448 g/mol. The Labute approximate surface area is 189 Å². The molecular formula is C23H26N2O5S2. The topological polar surface area (TPSA) is 102 Å². The van der Waals surface area contributed by atoms with Crippen molar-refractivity contribution >= 4 is 31.4 Å². The van der Waals surface area contributed by atoms with E-state index in [-0.39, 0.29) is 15.5 Å². The third kappa shape index (κ3) is 5.80. The lowest BCUT2D eigenvalue weighted by Gasteiger charge is -2.13. The molecule has 0 aliphatic rings. The summed E-state index contributed by atoms with van der Waals surface area (Å²) in [5.41, 5.74) is 1.63. The minimum Gasteiger partial charge on any atom is -0.495 e. The Hall–Kier alpha value is -3.04. The summed E-state index contributed by atoms with van der Waals surface area (Å²) < 4.78 is 60.8. The van der Waals surface area contributed by atoms with Gasteiger partial charge in [0, 0.05) is 5.69 Å². The van der Waals surface area contributed by atoms with Crippen LogP contribution in [0.25, 0.3) is 0 Å². The largest absolute Gasteiger partial charge is 0.495 e. The molecule has 0 amide bonds. The van der Waals surface area contributed by atoms with Gasteiger partial charge in [-0.3, -0.25) is 9.44 Å². The number of hydrogen-bond donors (Lipinski definition) is 2. The van der Waals surface area contributed by atoms with Crippen molar-refractivity contribution in [1.29, 1.82) is 0 Å². The van der Waals surface area contributed by atoms with Crippen LogP contribution in [-0.2, 0) is 26.5 Å². The summed E-state index contributed by atoms with van der Waals surface area (Å²) in [6.45, 7) is 4.20. The van der Waals surface area contributed by atoms with Crippen molar-refractivity contribution in [2.75, 3.05) is 16.6 Å². The van der Waals surface area contributed by atoms with Crippen LogP contribution >= 0.6 is 0 Å². The summed E-state index contributed by atoms with van der Waals surface area (Å²) >= 11 is 0. The lowest BCUT2D eigenvalue weighted by molar-refractivity contribution is 0.417. The number of ether oxygens (including phenoxy) is 1. The Kier molecular flexibility index (Phi) is 7.10. The fourth-order valence-corrected chi connectivity index (χ4v) is 5.25. The number of sulfonamides is 2. The zero-order valence-electron chi connectivity index (χ0n) is 18.1. The number of benzene rings is 3. The smallest absolute Gasteiger partial charge is 0.262 e. The summed E-state index contributed by atoms with van der Waals surface area (Å²) in [5, 5.41) is 0. The monoisotopic (exact) mass is 474 g/mol. The van der Waals surface area contributed by atoms with Crippen LogP contribution in [0.2, 0.25) is 0 Å². The minimum absolute atomic E-state index is 0.00982. The van der Waals surface area contributed by atoms with E-state index in [9.17, 15) is 16.8 Å². The summed E-state index contributed by atoms with van der Waals surface area (Å²) in [7, 11) is -6.23. The molecule has 0 spiro atoms. The quantitative estimate of drug-likeness (QED) is 0.476. The number of rotatable bonds is 9. The van der Waals surface area contributed by atoms with E-state index in [2.05, 4.69) is 23.3 Å². The molecule has 0 heterocycles. The zero-order chi connectivity index (χ0) is 23.4. The van der Waals surface area contributed by atoms with Crippen LogP contribution in [-0.4, -0.2) is 23.9 Å². The Bertz CT molecular complexity index is 1270. The van der Waals surface area contributed by atoms with Crippen LogP contribution in [0.3, 0.4) is 0 Å². The number of hydrogen-bond acceptors (Lipinski definition) is 5. The maximum atomic E-state index is 12.7. The third-order valence-corrected chi connectivity index (χ3v) is 7.42. The van der Waals surface area contributed by atoms with Gasteiger partial charge in [0.05, 0.1) is 22.6 Å². The molecule has 3 aromatic carbocycles. The molecule has 0 fully saturated rings. The molecule has 7 nitrogen and oxygen atoms in total. The van der Waals surface area contributed by atoms with Crippen LogP contribution in [0.15, 0.2) is 82.6 Å². The van der Waals surface area contributed by atoms with Crippen LogP contribution in [0, 0.1) is 5.92 Å². The Balaban J connectivity index is 1.75. The molecule has 0 saturated carbocycles. The second kappa shape index (κ2) is 9.62. The van der Waals surface area contributed by atoms with Gasteiger partial charge in [0.1, 0.15) is 5.75 Å². The molecule has 0 bridgehead atoms. The fourth-order valence-electron chi connectivity index (χ4n) is 3.12. The van der Waals surface area contributed by atoms with Crippen molar-refractivity contribution in [2.24, 2.45) is 5.92 Å². The third-order valence-electron chi connectivity index (χ3n) is 4.65. The number of methoxy groups -OCH3 is 1. The standard InChI is InChI=1S/C23H26N2O5S2/c1-17(2)16-18-8-12-20(13-9-18)31(26,27)24-19-10-14-21(15-11-19)32(28,29)25-22-6-4-5-7-23(22)30-3/h4-15,17,24-25H,16H2,1-3H3. The van der Waals surface area contributed by atoms with Crippen molar-refractivity contribution in [2.45, 2.75) is 30.1 Å². The maximum Gasteiger partial charge on any atom is 0.262 e. The lowest BCUT2D eigenvalue weighted by Crippen LogP contribution is -2.15. The molecule has 0 aromatic heterocycles. The van der Waals surface area contributed by atoms with Crippen molar-refractivity contribution in [3.05, 3.63) is 78.4 Å². The zero-order valence-corrected chi connectivity index (χ0v) is 19.7. The summed E-state index contributed by atoms with van der Waals surface area (Å²) in [6.07, 6.45) is 0.868. The Morgan fingerprint density at radius 3 is 1.84 bits per heavy atom. The van der Waals surface area contributed by atoms with Gasteiger partial charge in [-0.05, 0) is 66.4 Å². The molecule has 3 aromatic rings. The molecule has 0 atom stereocenters. The minimum atomic E-state index is -3.88. The number of anilines is 2. The van der Waals surface area contributed by atoms with E-state index in [1.807, 2.05) is 0 Å². The van der Waals surface area contributed by atoms with Gasteiger partial charge in [-0.1, -0.05) is 38.1 Å². The lowest BCUT2D eigenvalue weighted by atomic mass is 10.0. The molecule has 0 aliphatic heterocycles. The molecule has 9 heteroatoms. The van der Waals surface area contributed by atoms with Gasteiger partial charge in [0.2, 0.25) is 0 Å². The van der Waals surface area contributed by atoms with Crippen LogP contribution in [0.4, 0.5) is 11.4 Å². The fraction of sp³-hybridized carbons (Fsp3) is 0.217. The molecule has 3 rings (SSSR count). The van der Waals surface area contributed by atoms with E-state index in [0.717, 1.165) is 12.0 Å². The van der Waals surface area contributed by atoms with Crippen molar-refractivity contribution in [3.8, 4) is 5.75 Å². The summed E-state index contributed by atoms with van der Waals surface area (Å²) in [6, 6.07) is 18.9. The Morgan fingerprint density at radius 1 is 0.750 bits per heavy atom. The second-order valence-corrected chi connectivity index (χ2v) is 11.0. The van der Waals surface area contributed by atoms with E-state index >= 15 is 0 Å². The van der Waals surface area contributed by atoms with E-state index in [1.165, 1.54) is 31.4 Å². The van der Waals surface area contributed by atoms with Gasteiger partial charge in [0.25, 0.3) is 20.0 Å². The van der Waals surface area contributed by atoms with E-state index in [0.29, 0.717) is 17.4 Å². The van der Waals surface area contributed by atoms with E-state index in [1.54, 1.807) is 48.5 Å². The SMILES string of the molecule is COc1ccccc1NS(=O)(=O)c1ccc(NS(=O)(=O)c2ccc(CC(C)C)cc2)cc1. The first-order chi connectivity index (χ1) is 15.1. The summed E-state index contributed by atoms with van der Waals surface area (Å²) in [5.74, 6) is 0.864. The normalized spacial score (nSPS) is 11.9. The highest BCUT2D eigenvalue weighted by Crippen LogP contribution is 2.27. The summed E-state index contributed by atoms with van der Waals surface area (Å²) in [4.78, 5) is 0.129. The van der Waals surface area contributed by atoms with Gasteiger partial charge in [-0.15, -0.1) is 0 Å². The highest BCUT2D eigenvalue weighted by atomic mass is 32.2. The van der Waals surface area contributed by atoms with Gasteiger partial charge < -0.3 is 4.74 Å². The first-order valence-corrected chi connectivity index (χ1v) is 12.9. The predicted octanol–water partition coefficient (Wildman–Crippen LogP) is 4.50. The molecule has 2 N–H and O–H groups in total. The predicted molar refractivity (Wildman–Crippen MR) is 126 cm³/mol. The highest BCUT2D eigenvalue weighted by molar-refractivity contribution is 7.93. The molecule has 32 heavy (non-hydrogen) atoms. The highest BCUT2D eigenvalue weighted by Gasteiger charge is 2.18. The number of para-hydroxylation sites is 2. The van der Waals surface area contributed by atoms with E-state index in [4.69, 9.17) is 4.74 Å². The Morgan fingerprint density at radius 2 is 1.28 bits per heavy atom. The second-order valence-electron chi connectivity index (χ2n) is 7.68. The molecule has 0 saturated heterocycles. The first kappa shape index (κ1) is 23.6.